The summed E-state index contributed by atoms with van der Waals surface area (Å²) in [6.07, 6.45) is 10.3. The van der Waals surface area contributed by atoms with Crippen LogP contribution in [0, 0.1) is 52.3 Å². The van der Waals surface area contributed by atoms with E-state index in [4.69, 9.17) is 4.74 Å². The zero-order valence-electron chi connectivity index (χ0n) is 20.3. The number of rotatable bonds is 5. The average molecular weight is 433 g/mol. The fourth-order valence-electron chi connectivity index (χ4n) is 9.57. The van der Waals surface area contributed by atoms with Crippen LogP contribution < -0.4 is 0 Å². The van der Waals surface area contributed by atoms with Crippen LogP contribution in [0.4, 0.5) is 0 Å². The van der Waals surface area contributed by atoms with Crippen LogP contribution in [0.25, 0.3) is 0 Å². The fraction of sp³-hybridized carbons (Fsp3) is 0.926. The molecule has 0 spiro atoms. The Hall–Kier alpha value is -0.900. The van der Waals surface area contributed by atoms with Crippen molar-refractivity contribution in [2.75, 3.05) is 0 Å². The Morgan fingerprint density at radius 3 is 2.42 bits per heavy atom. The molecule has 0 heterocycles. The number of carbonyl (C=O) groups excluding carboxylic acids is 2. The Morgan fingerprint density at radius 1 is 1.10 bits per heavy atom. The van der Waals surface area contributed by atoms with Crippen LogP contribution in [0.2, 0.25) is 0 Å². The van der Waals surface area contributed by atoms with Crippen molar-refractivity contribution in [3.8, 4) is 0 Å². The zero-order chi connectivity index (χ0) is 22.6. The maximum Gasteiger partial charge on any atom is 0.302 e. The number of aliphatic hydroxyl groups is 1. The lowest BCUT2D eigenvalue weighted by Crippen LogP contribution is -2.62. The van der Waals surface area contributed by atoms with Gasteiger partial charge in [0.05, 0.1) is 6.10 Å². The second kappa shape index (κ2) is 8.47. The number of carbonyl (C=O) groups is 2. The van der Waals surface area contributed by atoms with Gasteiger partial charge in [-0.05, 0) is 97.2 Å². The smallest absolute Gasteiger partial charge is 0.302 e. The highest BCUT2D eigenvalue weighted by molar-refractivity contribution is 5.66. The standard InChI is InChI=1S/C27H44O4/c1-6-19-23-15-18(31-17(3)29)9-12-27(23,5)22-10-13-26(4)20(16(2)11-14-28)7-8-21(26)24(22)25(19)30/h14,16,18-25,30H,6-13,15H2,1-5H3/t16-,18-,19-,20-,21?,22?,23?,24?,25-,26-,27?/m1/s1. The first-order valence-electron chi connectivity index (χ1n) is 13.0. The molecule has 0 aliphatic heterocycles. The molecule has 0 bridgehead atoms. The molecule has 4 nitrogen and oxygen atoms in total. The van der Waals surface area contributed by atoms with Crippen LogP contribution in [0.5, 0.6) is 0 Å². The molecule has 0 radical (unpaired) electrons. The number of hydrogen-bond donors (Lipinski definition) is 1. The topological polar surface area (TPSA) is 63.6 Å². The lowest BCUT2D eigenvalue weighted by molar-refractivity contribution is -0.207. The molecule has 0 amide bonds. The molecule has 31 heavy (non-hydrogen) atoms. The van der Waals surface area contributed by atoms with E-state index < -0.39 is 0 Å². The molecule has 4 aliphatic rings. The number of aliphatic hydroxyl groups excluding tert-OH is 1. The summed E-state index contributed by atoms with van der Waals surface area (Å²) >= 11 is 0. The maximum atomic E-state index is 11.8. The first kappa shape index (κ1) is 23.3. The van der Waals surface area contributed by atoms with E-state index in [1.807, 2.05) is 0 Å². The second-order valence-electron chi connectivity index (χ2n) is 12.1. The molecule has 0 saturated heterocycles. The minimum Gasteiger partial charge on any atom is -0.463 e. The van der Waals surface area contributed by atoms with Gasteiger partial charge in [0.25, 0.3) is 0 Å². The van der Waals surface area contributed by atoms with Gasteiger partial charge in [0, 0.05) is 13.3 Å². The molecule has 4 aliphatic carbocycles. The van der Waals surface area contributed by atoms with Crippen molar-refractivity contribution >= 4 is 12.3 Å². The van der Waals surface area contributed by atoms with Gasteiger partial charge >= 0.3 is 5.97 Å². The molecule has 1 N–H and O–H groups in total. The second-order valence-corrected chi connectivity index (χ2v) is 12.1. The highest BCUT2D eigenvalue weighted by atomic mass is 16.5. The van der Waals surface area contributed by atoms with E-state index in [2.05, 4.69) is 27.7 Å². The van der Waals surface area contributed by atoms with Crippen LogP contribution in [0.15, 0.2) is 0 Å². The van der Waals surface area contributed by atoms with Crippen LogP contribution >= 0.6 is 0 Å². The molecule has 4 saturated carbocycles. The predicted molar refractivity (Wildman–Crippen MR) is 121 cm³/mol. The van der Waals surface area contributed by atoms with Crippen molar-refractivity contribution < 1.29 is 19.4 Å². The minimum atomic E-state index is -0.256. The first-order chi connectivity index (χ1) is 14.7. The molecule has 11 atom stereocenters. The van der Waals surface area contributed by atoms with Crippen molar-refractivity contribution in [2.45, 2.75) is 105 Å². The minimum absolute atomic E-state index is 0.0160. The van der Waals surface area contributed by atoms with Gasteiger partial charge in [-0.15, -0.1) is 0 Å². The van der Waals surface area contributed by atoms with Gasteiger partial charge in [0.15, 0.2) is 0 Å². The summed E-state index contributed by atoms with van der Waals surface area (Å²) in [5, 5.41) is 11.8. The normalized spacial score (nSPS) is 50.0. The number of hydrogen-bond acceptors (Lipinski definition) is 4. The summed E-state index contributed by atoms with van der Waals surface area (Å²) in [6.45, 7) is 11.0. The molecular weight excluding hydrogens is 388 g/mol. The summed E-state index contributed by atoms with van der Waals surface area (Å²) in [6, 6.07) is 0. The van der Waals surface area contributed by atoms with Gasteiger partial charge in [-0.1, -0.05) is 34.1 Å². The largest absolute Gasteiger partial charge is 0.463 e. The van der Waals surface area contributed by atoms with Crippen LogP contribution in [-0.4, -0.2) is 29.6 Å². The van der Waals surface area contributed by atoms with Gasteiger partial charge in [-0.3, -0.25) is 4.79 Å². The van der Waals surface area contributed by atoms with Gasteiger partial charge in [-0.25, -0.2) is 0 Å². The molecule has 176 valence electrons. The molecule has 4 fully saturated rings. The third kappa shape index (κ3) is 3.60. The van der Waals surface area contributed by atoms with Crippen molar-refractivity contribution in [3.63, 3.8) is 0 Å². The quantitative estimate of drug-likeness (QED) is 0.466. The average Bonchev–Trinajstić information content (AvgIpc) is 3.06. The number of fused-ring (bicyclic) bond motifs is 5. The maximum absolute atomic E-state index is 11.8. The van der Waals surface area contributed by atoms with E-state index in [0.717, 1.165) is 32.0 Å². The van der Waals surface area contributed by atoms with Gasteiger partial charge in [-0.2, -0.15) is 0 Å². The van der Waals surface area contributed by atoms with E-state index in [9.17, 15) is 14.7 Å². The molecule has 0 aromatic carbocycles. The van der Waals surface area contributed by atoms with Crippen molar-refractivity contribution in [2.24, 2.45) is 52.3 Å². The highest BCUT2D eigenvalue weighted by Gasteiger charge is 2.65. The third-order valence-corrected chi connectivity index (χ3v) is 10.9. The van der Waals surface area contributed by atoms with Crippen LogP contribution in [0.3, 0.4) is 0 Å². The van der Waals surface area contributed by atoms with Crippen molar-refractivity contribution in [1.29, 1.82) is 0 Å². The van der Waals surface area contributed by atoms with E-state index >= 15 is 0 Å². The SMILES string of the molecule is CC[C@@H]1C2C[C@H](OC(C)=O)CCC2(C)C2CC[C@@]3(C)C(CC[C@@H]3[C@H](C)CC=O)C2[C@@H]1O. The Kier molecular flexibility index (Phi) is 6.35. The summed E-state index contributed by atoms with van der Waals surface area (Å²) in [7, 11) is 0. The van der Waals surface area contributed by atoms with Gasteiger partial charge < -0.3 is 14.6 Å². The van der Waals surface area contributed by atoms with E-state index in [1.54, 1.807) is 0 Å². The third-order valence-electron chi connectivity index (χ3n) is 10.9. The number of ether oxygens (including phenoxy) is 1. The number of aldehydes is 1. The van der Waals surface area contributed by atoms with E-state index in [1.165, 1.54) is 32.6 Å². The fourth-order valence-corrected chi connectivity index (χ4v) is 9.57. The monoisotopic (exact) mass is 432 g/mol. The summed E-state index contributed by atoms with van der Waals surface area (Å²) in [5.41, 5.74) is 0.482. The van der Waals surface area contributed by atoms with E-state index in [-0.39, 0.29) is 29.0 Å². The molecule has 0 aromatic rings. The molecule has 4 rings (SSSR count). The van der Waals surface area contributed by atoms with Crippen molar-refractivity contribution in [3.05, 3.63) is 0 Å². The Labute approximate surface area is 188 Å². The zero-order valence-corrected chi connectivity index (χ0v) is 20.3. The molecule has 5 unspecified atom stereocenters. The lowest BCUT2D eigenvalue weighted by Gasteiger charge is -2.64. The Morgan fingerprint density at radius 2 is 1.77 bits per heavy atom. The highest BCUT2D eigenvalue weighted by Crippen LogP contribution is 2.69. The first-order valence-corrected chi connectivity index (χ1v) is 13.0. The van der Waals surface area contributed by atoms with Gasteiger partial charge in [0.2, 0.25) is 0 Å². The summed E-state index contributed by atoms with van der Waals surface area (Å²) in [5.74, 6) is 3.09. The summed E-state index contributed by atoms with van der Waals surface area (Å²) < 4.78 is 5.65. The van der Waals surface area contributed by atoms with Crippen LogP contribution in [-0.2, 0) is 14.3 Å². The van der Waals surface area contributed by atoms with Crippen molar-refractivity contribution in [1.82, 2.24) is 0 Å². The molecule has 0 aromatic heterocycles. The van der Waals surface area contributed by atoms with Crippen LogP contribution in [0.1, 0.15) is 92.4 Å². The van der Waals surface area contributed by atoms with Gasteiger partial charge in [0.1, 0.15) is 12.4 Å². The molecule has 4 heteroatoms. The Balaban J connectivity index is 1.63. The Bertz CT molecular complexity index is 691. The molecular formula is C27H44O4. The lowest BCUT2D eigenvalue weighted by atomic mass is 9.41. The number of esters is 1. The van der Waals surface area contributed by atoms with E-state index in [0.29, 0.717) is 47.8 Å². The predicted octanol–water partition coefficient (Wildman–Crippen LogP) is 5.41. The summed E-state index contributed by atoms with van der Waals surface area (Å²) in [4.78, 5) is 22.8.